The minimum atomic E-state index is -0.937. The summed E-state index contributed by atoms with van der Waals surface area (Å²) >= 11 is 0. The largest absolute Gasteiger partial charge is 0.497 e. The number of aromatic nitrogens is 2. The molecule has 5 nitrogen and oxygen atoms in total. The maximum atomic E-state index is 13.7. The smallest absolute Gasteiger partial charge is 0.274 e. The molecule has 1 aliphatic carbocycles. The first-order valence-electron chi connectivity index (χ1n) is 9.42. The minimum absolute atomic E-state index is 0.202. The summed E-state index contributed by atoms with van der Waals surface area (Å²) in [6, 6.07) is 11.2. The highest BCUT2D eigenvalue weighted by atomic mass is 19.2. The van der Waals surface area contributed by atoms with Crippen molar-refractivity contribution in [2.24, 2.45) is 0 Å². The number of carbonyl (C=O) groups is 1. The minimum Gasteiger partial charge on any atom is -0.497 e. The molecule has 0 unspecified atom stereocenters. The van der Waals surface area contributed by atoms with Crippen molar-refractivity contribution < 1.29 is 18.3 Å². The van der Waals surface area contributed by atoms with E-state index in [1.807, 2.05) is 24.3 Å². The molecule has 0 bridgehead atoms. The molecule has 7 heteroatoms. The number of amides is 1. The van der Waals surface area contributed by atoms with Crippen molar-refractivity contribution in [1.29, 1.82) is 0 Å². The average Bonchev–Trinajstić information content (AvgIpc) is 3.32. The molecule has 2 aromatic carbocycles. The average molecular weight is 397 g/mol. The van der Waals surface area contributed by atoms with Crippen molar-refractivity contribution in [3.8, 4) is 11.4 Å². The molecular formula is C22H21F2N3O2. The number of fused-ring (bicyclic) bond motifs is 1. The molecule has 1 heterocycles. The van der Waals surface area contributed by atoms with Gasteiger partial charge in [0.2, 0.25) is 0 Å². The fourth-order valence-corrected chi connectivity index (χ4v) is 3.74. The number of carbonyl (C=O) groups excluding carboxylic acids is 1. The Balaban J connectivity index is 1.64. The molecule has 0 saturated carbocycles. The predicted octanol–water partition coefficient (Wildman–Crippen LogP) is 3.92. The zero-order valence-corrected chi connectivity index (χ0v) is 16.3. The number of hydrogen-bond donors (Lipinski definition) is 0. The molecule has 0 atom stereocenters. The van der Waals surface area contributed by atoms with Crippen molar-refractivity contribution in [1.82, 2.24) is 14.7 Å². The molecular weight excluding hydrogens is 376 g/mol. The van der Waals surface area contributed by atoms with E-state index in [1.54, 1.807) is 23.7 Å². The second-order valence-electron chi connectivity index (χ2n) is 7.15. The van der Waals surface area contributed by atoms with Gasteiger partial charge < -0.3 is 9.64 Å². The number of halogens is 2. The Bertz CT molecular complexity index is 1080. The van der Waals surface area contributed by atoms with E-state index in [0.717, 1.165) is 54.0 Å². The second-order valence-corrected chi connectivity index (χ2v) is 7.15. The lowest BCUT2D eigenvalue weighted by Crippen LogP contribution is -2.27. The first-order chi connectivity index (χ1) is 14.0. The molecule has 1 aromatic heterocycles. The van der Waals surface area contributed by atoms with Gasteiger partial charge in [0, 0.05) is 30.9 Å². The van der Waals surface area contributed by atoms with Gasteiger partial charge in [-0.3, -0.25) is 4.79 Å². The molecule has 1 aliphatic rings. The molecule has 0 N–H and O–H groups in total. The van der Waals surface area contributed by atoms with Crippen LogP contribution in [0.3, 0.4) is 0 Å². The summed E-state index contributed by atoms with van der Waals surface area (Å²) in [6.45, 7) is 0.406. The van der Waals surface area contributed by atoms with Crippen LogP contribution in [0, 0.1) is 11.6 Å². The van der Waals surface area contributed by atoms with E-state index in [1.165, 1.54) is 6.07 Å². The monoisotopic (exact) mass is 397 g/mol. The van der Waals surface area contributed by atoms with E-state index in [9.17, 15) is 13.6 Å². The maximum Gasteiger partial charge on any atom is 0.274 e. The Morgan fingerprint density at radius 2 is 2.00 bits per heavy atom. The zero-order chi connectivity index (χ0) is 20.5. The topological polar surface area (TPSA) is 47.4 Å². The van der Waals surface area contributed by atoms with Gasteiger partial charge in [0.25, 0.3) is 5.91 Å². The van der Waals surface area contributed by atoms with Crippen LogP contribution in [0.4, 0.5) is 8.78 Å². The van der Waals surface area contributed by atoms with Gasteiger partial charge in [-0.05, 0) is 49.1 Å². The maximum absolute atomic E-state index is 13.7. The third-order valence-electron chi connectivity index (χ3n) is 5.18. The summed E-state index contributed by atoms with van der Waals surface area (Å²) in [4.78, 5) is 14.7. The van der Waals surface area contributed by atoms with Crippen LogP contribution in [0.5, 0.6) is 5.75 Å². The van der Waals surface area contributed by atoms with Gasteiger partial charge in [0.1, 0.15) is 5.75 Å². The molecule has 150 valence electrons. The fourth-order valence-electron chi connectivity index (χ4n) is 3.74. The number of ether oxygens (including phenoxy) is 1. The summed E-state index contributed by atoms with van der Waals surface area (Å²) < 4.78 is 33.8. The van der Waals surface area contributed by atoms with Gasteiger partial charge in [-0.15, -0.1) is 0 Å². The van der Waals surface area contributed by atoms with Gasteiger partial charge in [0.15, 0.2) is 17.3 Å². The lowest BCUT2D eigenvalue weighted by atomic mass is 10.1. The Kier molecular flexibility index (Phi) is 5.05. The van der Waals surface area contributed by atoms with Crippen molar-refractivity contribution in [3.63, 3.8) is 0 Å². The highest BCUT2D eigenvalue weighted by Crippen LogP contribution is 2.29. The van der Waals surface area contributed by atoms with Crippen LogP contribution in [0.1, 0.15) is 33.7 Å². The first kappa shape index (κ1) is 19.1. The first-order valence-corrected chi connectivity index (χ1v) is 9.42. The molecule has 4 rings (SSSR count). The molecule has 0 fully saturated rings. The van der Waals surface area contributed by atoms with Crippen LogP contribution in [0.2, 0.25) is 0 Å². The Morgan fingerprint density at radius 1 is 1.17 bits per heavy atom. The normalized spacial score (nSPS) is 12.7. The lowest BCUT2D eigenvalue weighted by Gasteiger charge is -2.17. The highest BCUT2D eigenvalue weighted by molar-refractivity contribution is 5.94. The number of hydrogen-bond acceptors (Lipinski definition) is 3. The number of benzene rings is 2. The molecule has 3 aromatic rings. The van der Waals surface area contributed by atoms with E-state index in [2.05, 4.69) is 5.10 Å². The van der Waals surface area contributed by atoms with E-state index in [0.29, 0.717) is 17.9 Å². The molecule has 0 aliphatic heterocycles. The molecule has 1 amide bonds. The van der Waals surface area contributed by atoms with Crippen molar-refractivity contribution in [2.45, 2.75) is 25.8 Å². The van der Waals surface area contributed by atoms with Crippen LogP contribution in [0.25, 0.3) is 5.69 Å². The third kappa shape index (κ3) is 3.60. The quantitative estimate of drug-likeness (QED) is 0.656. The lowest BCUT2D eigenvalue weighted by molar-refractivity contribution is 0.0777. The Morgan fingerprint density at radius 3 is 2.76 bits per heavy atom. The van der Waals surface area contributed by atoms with Crippen LogP contribution < -0.4 is 4.74 Å². The second kappa shape index (κ2) is 7.66. The van der Waals surface area contributed by atoms with E-state index in [4.69, 9.17) is 4.74 Å². The summed E-state index contributed by atoms with van der Waals surface area (Å²) in [5.74, 6) is -1.32. The predicted molar refractivity (Wildman–Crippen MR) is 104 cm³/mol. The van der Waals surface area contributed by atoms with Gasteiger partial charge in [-0.1, -0.05) is 12.1 Å². The van der Waals surface area contributed by atoms with Crippen molar-refractivity contribution >= 4 is 5.91 Å². The molecule has 29 heavy (non-hydrogen) atoms. The SMILES string of the molecule is COc1cccc(CN(C)C(=O)c2nn(-c3ccc(F)c(F)c3)c3c2CCC3)c1. The zero-order valence-electron chi connectivity index (χ0n) is 16.3. The van der Waals surface area contributed by atoms with Crippen LogP contribution in [-0.4, -0.2) is 34.7 Å². The van der Waals surface area contributed by atoms with Gasteiger partial charge in [0.05, 0.1) is 12.8 Å². The number of methoxy groups -OCH3 is 1. The number of rotatable bonds is 5. The van der Waals surface area contributed by atoms with Crippen molar-refractivity contribution in [2.75, 3.05) is 14.2 Å². The summed E-state index contributed by atoms with van der Waals surface area (Å²) in [5.41, 5.74) is 3.49. The number of nitrogens with zero attached hydrogens (tertiary/aromatic N) is 3. The van der Waals surface area contributed by atoms with Gasteiger partial charge in [-0.2, -0.15) is 5.10 Å². The molecule has 0 spiro atoms. The standard InChI is InChI=1S/C22H21F2N3O2/c1-26(13-14-5-3-6-16(11-14)29-2)22(28)21-17-7-4-8-20(17)27(25-21)15-9-10-18(23)19(24)12-15/h3,5-6,9-12H,4,7-8,13H2,1-2H3. The third-order valence-corrected chi connectivity index (χ3v) is 5.18. The fraction of sp³-hybridized carbons (Fsp3) is 0.273. The highest BCUT2D eigenvalue weighted by Gasteiger charge is 2.28. The summed E-state index contributed by atoms with van der Waals surface area (Å²) in [7, 11) is 3.32. The van der Waals surface area contributed by atoms with Crippen LogP contribution in [-0.2, 0) is 19.4 Å². The Hall–Kier alpha value is -3.22. The van der Waals surface area contributed by atoms with Crippen LogP contribution in [0.15, 0.2) is 42.5 Å². The molecule has 0 saturated heterocycles. The van der Waals surface area contributed by atoms with Gasteiger partial charge >= 0.3 is 0 Å². The molecule has 0 radical (unpaired) electrons. The van der Waals surface area contributed by atoms with E-state index in [-0.39, 0.29) is 5.91 Å². The van der Waals surface area contributed by atoms with Crippen molar-refractivity contribution in [3.05, 3.63) is 76.6 Å². The van der Waals surface area contributed by atoms with Gasteiger partial charge in [-0.25, -0.2) is 13.5 Å². The Labute approximate surface area is 167 Å². The summed E-state index contributed by atoms with van der Waals surface area (Å²) in [6.07, 6.45) is 2.39. The van der Waals surface area contributed by atoms with E-state index < -0.39 is 11.6 Å². The summed E-state index contributed by atoms with van der Waals surface area (Å²) in [5, 5.41) is 4.48. The van der Waals surface area contributed by atoms with E-state index >= 15 is 0 Å². The van der Waals surface area contributed by atoms with Crippen LogP contribution >= 0.6 is 0 Å².